The van der Waals surface area contributed by atoms with Crippen LogP contribution in [0.1, 0.15) is 11.1 Å². The summed E-state index contributed by atoms with van der Waals surface area (Å²) in [6, 6.07) is 7.20. The van der Waals surface area contributed by atoms with E-state index in [0.717, 1.165) is 11.1 Å². The number of rotatable bonds is 4. The molecule has 1 heterocycles. The van der Waals surface area contributed by atoms with Crippen LogP contribution in [-0.4, -0.2) is 14.6 Å². The Bertz CT molecular complexity index is 695. The molecule has 0 saturated carbocycles. The van der Waals surface area contributed by atoms with Crippen LogP contribution in [0.15, 0.2) is 45.9 Å². The zero-order chi connectivity index (χ0) is 14.7. The van der Waals surface area contributed by atoms with Crippen molar-refractivity contribution in [2.24, 2.45) is 0 Å². The van der Waals surface area contributed by atoms with Crippen molar-refractivity contribution in [3.05, 3.63) is 72.6 Å². The van der Waals surface area contributed by atoms with Gasteiger partial charge in [-0.15, -0.1) is 0 Å². The molecule has 104 valence electrons. The molecule has 0 unspecified atom stereocenters. The predicted molar refractivity (Wildman–Crippen MR) is 76.5 cm³/mol. The van der Waals surface area contributed by atoms with Crippen molar-refractivity contribution in [3.8, 4) is 0 Å². The zero-order valence-corrected chi connectivity index (χ0v) is 11.9. The van der Waals surface area contributed by atoms with E-state index in [1.165, 1.54) is 12.4 Å². The van der Waals surface area contributed by atoms with E-state index in [1.54, 1.807) is 16.7 Å². The molecular weight excluding hydrogens is 328 g/mol. The van der Waals surface area contributed by atoms with Gasteiger partial charge in [-0.1, -0.05) is 24.3 Å². The number of halogens is 1. The lowest BCUT2D eigenvalue weighted by Crippen LogP contribution is -2.13. The molecule has 0 aliphatic carbocycles. The quantitative estimate of drug-likeness (QED) is 0.682. The molecule has 1 aromatic heterocycles. The van der Waals surface area contributed by atoms with E-state index in [4.69, 9.17) is 5.11 Å². The lowest BCUT2D eigenvalue weighted by atomic mass is 10.1. The molecule has 0 saturated heterocycles. The molecule has 20 heavy (non-hydrogen) atoms. The van der Waals surface area contributed by atoms with Gasteiger partial charge in [-0.2, -0.15) is 0 Å². The van der Waals surface area contributed by atoms with Gasteiger partial charge in [0.15, 0.2) is 0 Å². The van der Waals surface area contributed by atoms with Gasteiger partial charge in [-0.3, -0.25) is 14.9 Å². The van der Waals surface area contributed by atoms with Gasteiger partial charge in [-0.25, -0.2) is 0 Å². The van der Waals surface area contributed by atoms with Crippen LogP contribution in [0.25, 0.3) is 0 Å². The first kappa shape index (κ1) is 14.4. The van der Waals surface area contributed by atoms with E-state index in [1.807, 2.05) is 12.1 Å². The number of aromatic nitrogens is 1. The third-order valence-corrected chi connectivity index (χ3v) is 3.35. The fourth-order valence-corrected chi connectivity index (χ4v) is 2.23. The highest BCUT2D eigenvalue weighted by atomic mass is 79.9. The number of pyridine rings is 1. The maximum absolute atomic E-state index is 11.6. The predicted octanol–water partition coefficient (Wildman–Crippen LogP) is 2.06. The fraction of sp³-hybridized carbons (Fsp3) is 0.154. The number of nitro groups is 1. The lowest BCUT2D eigenvalue weighted by Gasteiger charge is -2.07. The third-order valence-electron chi connectivity index (χ3n) is 2.78. The molecule has 0 aliphatic heterocycles. The minimum absolute atomic E-state index is 0.0324. The van der Waals surface area contributed by atoms with Crippen molar-refractivity contribution in [1.82, 2.24) is 4.57 Å². The summed E-state index contributed by atoms with van der Waals surface area (Å²) >= 11 is 3.03. The van der Waals surface area contributed by atoms with Crippen molar-refractivity contribution >= 4 is 21.6 Å². The second-order valence-corrected chi connectivity index (χ2v) is 5.08. The Morgan fingerprint density at radius 1 is 1.20 bits per heavy atom. The van der Waals surface area contributed by atoms with Crippen LogP contribution in [0.4, 0.5) is 5.69 Å². The molecule has 1 aromatic carbocycles. The molecule has 6 nitrogen and oxygen atoms in total. The second kappa shape index (κ2) is 5.98. The third kappa shape index (κ3) is 3.12. The minimum Gasteiger partial charge on any atom is -0.392 e. The number of benzene rings is 1. The minimum atomic E-state index is -0.696. The van der Waals surface area contributed by atoms with E-state index in [9.17, 15) is 14.9 Å². The largest absolute Gasteiger partial charge is 0.392 e. The summed E-state index contributed by atoms with van der Waals surface area (Å²) in [5.74, 6) is 0. The molecule has 0 fully saturated rings. The van der Waals surface area contributed by atoms with Crippen molar-refractivity contribution in [2.45, 2.75) is 13.2 Å². The van der Waals surface area contributed by atoms with Crippen molar-refractivity contribution in [3.63, 3.8) is 0 Å². The molecule has 0 radical (unpaired) electrons. The number of aliphatic hydroxyl groups is 1. The molecule has 0 aliphatic rings. The Balaban J connectivity index is 2.33. The van der Waals surface area contributed by atoms with Gasteiger partial charge in [0.1, 0.15) is 0 Å². The lowest BCUT2D eigenvalue weighted by molar-refractivity contribution is -0.386. The summed E-state index contributed by atoms with van der Waals surface area (Å²) in [6.07, 6.45) is 2.72. The first-order valence-electron chi connectivity index (χ1n) is 5.74. The monoisotopic (exact) mass is 338 g/mol. The highest BCUT2D eigenvalue weighted by Crippen LogP contribution is 2.13. The Morgan fingerprint density at radius 3 is 2.35 bits per heavy atom. The number of hydrogen-bond donors (Lipinski definition) is 1. The molecule has 0 atom stereocenters. The van der Waals surface area contributed by atoms with E-state index in [-0.39, 0.29) is 11.1 Å². The molecule has 2 rings (SSSR count). The highest BCUT2D eigenvalue weighted by molar-refractivity contribution is 9.10. The first-order chi connectivity index (χ1) is 9.51. The second-order valence-electron chi connectivity index (χ2n) is 4.22. The summed E-state index contributed by atoms with van der Waals surface area (Å²) in [4.78, 5) is 21.7. The molecule has 7 heteroatoms. The summed E-state index contributed by atoms with van der Waals surface area (Å²) in [6.45, 7) is 0.362. The van der Waals surface area contributed by atoms with Gasteiger partial charge in [0.25, 0.3) is 5.43 Å². The average molecular weight is 339 g/mol. The van der Waals surface area contributed by atoms with Crippen LogP contribution in [0, 0.1) is 10.1 Å². The Labute approximate surface area is 122 Å². The molecular formula is C13H11BrN2O4. The summed E-state index contributed by atoms with van der Waals surface area (Å²) in [5, 5.41) is 19.8. The van der Waals surface area contributed by atoms with Crippen molar-refractivity contribution in [1.29, 1.82) is 0 Å². The van der Waals surface area contributed by atoms with E-state index in [2.05, 4.69) is 15.9 Å². The molecule has 2 aromatic rings. The summed E-state index contributed by atoms with van der Waals surface area (Å²) in [5.41, 5.74) is 0.598. The van der Waals surface area contributed by atoms with Crippen molar-refractivity contribution in [2.75, 3.05) is 0 Å². The Kier molecular flexibility index (Phi) is 4.31. The number of nitrogens with zero attached hydrogens (tertiary/aromatic N) is 2. The van der Waals surface area contributed by atoms with Crippen molar-refractivity contribution < 1.29 is 10.0 Å². The molecule has 0 spiro atoms. The maximum atomic E-state index is 11.6. The molecule has 1 N–H and O–H groups in total. The number of aliphatic hydroxyl groups excluding tert-OH is 1. The van der Waals surface area contributed by atoms with E-state index in [0.29, 0.717) is 6.54 Å². The number of hydrogen-bond acceptors (Lipinski definition) is 4. The highest BCUT2D eigenvalue weighted by Gasteiger charge is 2.15. The van der Waals surface area contributed by atoms with Gasteiger partial charge < -0.3 is 9.67 Å². The fourth-order valence-electron chi connectivity index (χ4n) is 1.76. The van der Waals surface area contributed by atoms with Gasteiger partial charge in [0.2, 0.25) is 0 Å². The molecule has 0 amide bonds. The SMILES string of the molecule is O=c1c(Br)cn(Cc2ccc(CO)cc2)cc1[N+](=O)[O-]. The van der Waals surface area contributed by atoms with Gasteiger partial charge in [0.05, 0.1) is 22.2 Å². The maximum Gasteiger partial charge on any atom is 0.333 e. The standard InChI is InChI=1S/C13H11BrN2O4/c14-11-6-15(7-12(13(11)18)16(19)20)5-9-1-3-10(8-17)4-2-9/h1-4,6-7,17H,5,8H2. The Morgan fingerprint density at radius 2 is 1.80 bits per heavy atom. The van der Waals surface area contributed by atoms with E-state index >= 15 is 0 Å². The van der Waals surface area contributed by atoms with Gasteiger partial charge >= 0.3 is 5.69 Å². The Hall–Kier alpha value is -1.99. The van der Waals surface area contributed by atoms with Crippen LogP contribution in [-0.2, 0) is 13.2 Å². The van der Waals surface area contributed by atoms with Gasteiger partial charge in [-0.05, 0) is 27.1 Å². The normalized spacial score (nSPS) is 10.5. The topological polar surface area (TPSA) is 85.4 Å². The van der Waals surface area contributed by atoms with Crippen LogP contribution >= 0.6 is 15.9 Å². The average Bonchev–Trinajstić information content (AvgIpc) is 2.43. The van der Waals surface area contributed by atoms with Crippen LogP contribution in [0.3, 0.4) is 0 Å². The van der Waals surface area contributed by atoms with Crippen LogP contribution in [0.2, 0.25) is 0 Å². The van der Waals surface area contributed by atoms with E-state index < -0.39 is 16.0 Å². The van der Waals surface area contributed by atoms with Crippen LogP contribution in [0.5, 0.6) is 0 Å². The molecule has 0 bridgehead atoms. The van der Waals surface area contributed by atoms with Crippen LogP contribution < -0.4 is 5.43 Å². The first-order valence-corrected chi connectivity index (χ1v) is 6.53. The summed E-state index contributed by atoms with van der Waals surface area (Å²) < 4.78 is 1.72. The summed E-state index contributed by atoms with van der Waals surface area (Å²) in [7, 11) is 0. The smallest absolute Gasteiger partial charge is 0.333 e. The zero-order valence-electron chi connectivity index (χ0n) is 10.3. The van der Waals surface area contributed by atoms with Gasteiger partial charge in [0, 0.05) is 12.7 Å².